The first-order valence-electron chi connectivity index (χ1n) is 8.59. The number of aromatic nitrogens is 3. The van der Waals surface area contributed by atoms with Crippen molar-refractivity contribution in [1.29, 1.82) is 0 Å². The van der Waals surface area contributed by atoms with Crippen LogP contribution in [-0.4, -0.2) is 39.0 Å². The fourth-order valence-electron chi connectivity index (χ4n) is 3.49. The molecule has 0 aromatic carbocycles. The molecule has 0 bridgehead atoms. The summed E-state index contributed by atoms with van der Waals surface area (Å²) in [4.78, 5) is 15.3. The molecule has 1 saturated heterocycles. The molecule has 0 radical (unpaired) electrons. The maximum absolute atomic E-state index is 5.95. The molecule has 23 heavy (non-hydrogen) atoms. The number of hydrogen-bond donors (Lipinski definition) is 1. The topological polar surface area (TPSA) is 67.1 Å². The Hall–Kier alpha value is -1.95. The van der Waals surface area contributed by atoms with E-state index in [1.165, 1.54) is 18.5 Å². The van der Waals surface area contributed by atoms with Gasteiger partial charge in [-0.25, -0.2) is 15.0 Å². The van der Waals surface area contributed by atoms with E-state index in [4.69, 9.17) is 9.40 Å². The number of piperidine rings is 1. The number of nitrogens with one attached hydrogen (secondary N) is 1. The van der Waals surface area contributed by atoms with Crippen molar-refractivity contribution in [3.05, 3.63) is 35.9 Å². The molecule has 2 aromatic rings. The molecule has 1 fully saturated rings. The van der Waals surface area contributed by atoms with Crippen molar-refractivity contribution in [2.45, 2.75) is 51.1 Å². The number of anilines is 1. The van der Waals surface area contributed by atoms with Crippen molar-refractivity contribution in [3.63, 3.8) is 0 Å². The van der Waals surface area contributed by atoms with E-state index in [0.717, 1.165) is 62.8 Å². The molecule has 4 rings (SSSR count). The van der Waals surface area contributed by atoms with Gasteiger partial charge in [0.15, 0.2) is 0 Å². The molecule has 122 valence electrons. The summed E-state index contributed by atoms with van der Waals surface area (Å²) in [6.07, 6.45) is 10.2. The van der Waals surface area contributed by atoms with E-state index in [9.17, 15) is 0 Å². The van der Waals surface area contributed by atoms with Crippen molar-refractivity contribution >= 4 is 5.82 Å². The highest BCUT2D eigenvalue weighted by Crippen LogP contribution is 2.23. The second-order valence-corrected chi connectivity index (χ2v) is 6.47. The molecule has 0 unspecified atom stereocenters. The maximum Gasteiger partial charge on any atom is 0.208 e. The van der Waals surface area contributed by atoms with Gasteiger partial charge in [-0.2, -0.15) is 0 Å². The molecule has 2 aromatic heterocycles. The van der Waals surface area contributed by atoms with Gasteiger partial charge in [-0.3, -0.25) is 4.90 Å². The number of likely N-dealkylation sites (tertiary alicyclic amines) is 1. The highest BCUT2D eigenvalue weighted by molar-refractivity contribution is 5.33. The molecular formula is C17H23N5O. The van der Waals surface area contributed by atoms with Gasteiger partial charge in [0.1, 0.15) is 17.9 Å². The predicted octanol–water partition coefficient (Wildman–Crippen LogP) is 2.42. The van der Waals surface area contributed by atoms with Crippen molar-refractivity contribution < 1.29 is 4.42 Å². The molecule has 1 aliphatic heterocycles. The van der Waals surface area contributed by atoms with Crippen LogP contribution in [0.15, 0.2) is 23.0 Å². The van der Waals surface area contributed by atoms with E-state index in [1.54, 1.807) is 12.5 Å². The van der Waals surface area contributed by atoms with Gasteiger partial charge in [0.25, 0.3) is 0 Å². The Labute approximate surface area is 136 Å². The minimum Gasteiger partial charge on any atom is -0.444 e. The minimum absolute atomic E-state index is 0.485. The zero-order valence-electron chi connectivity index (χ0n) is 13.4. The number of rotatable bonds is 4. The fourth-order valence-corrected chi connectivity index (χ4v) is 3.49. The van der Waals surface area contributed by atoms with Gasteiger partial charge >= 0.3 is 0 Å². The first-order valence-corrected chi connectivity index (χ1v) is 8.59. The summed E-state index contributed by atoms with van der Waals surface area (Å²) in [6.45, 7) is 2.97. The van der Waals surface area contributed by atoms with Crippen LogP contribution in [0.1, 0.15) is 43.0 Å². The average Bonchev–Trinajstić information content (AvgIpc) is 3.00. The Bertz CT molecular complexity index is 610. The molecule has 1 aliphatic carbocycles. The molecule has 0 saturated carbocycles. The second-order valence-electron chi connectivity index (χ2n) is 6.47. The number of fused-ring (bicyclic) bond motifs is 1. The van der Waals surface area contributed by atoms with Gasteiger partial charge in [0, 0.05) is 31.7 Å². The quantitative estimate of drug-likeness (QED) is 0.935. The van der Waals surface area contributed by atoms with Crippen molar-refractivity contribution in [1.82, 2.24) is 19.9 Å². The van der Waals surface area contributed by atoms with Crippen molar-refractivity contribution in [3.8, 4) is 0 Å². The molecule has 6 nitrogen and oxygen atoms in total. The Morgan fingerprint density at radius 3 is 2.87 bits per heavy atom. The Morgan fingerprint density at radius 1 is 1.22 bits per heavy atom. The lowest BCUT2D eigenvalue weighted by Crippen LogP contribution is -2.38. The third-order valence-electron chi connectivity index (χ3n) is 4.77. The van der Waals surface area contributed by atoms with Gasteiger partial charge in [0.05, 0.1) is 12.2 Å². The highest BCUT2D eigenvalue weighted by atomic mass is 16.4. The van der Waals surface area contributed by atoms with Crippen LogP contribution in [-0.2, 0) is 19.4 Å². The standard InChI is InChI=1S/C17H23N5O/c1-2-4-15-14(3-1)21-17(23-15)11-22-9-6-13(7-10-22)20-16-5-8-18-12-19-16/h5,8,12-13H,1-4,6-7,9-11H2,(H,18,19,20). The molecular weight excluding hydrogens is 290 g/mol. The van der Waals surface area contributed by atoms with Gasteiger partial charge in [-0.1, -0.05) is 0 Å². The predicted molar refractivity (Wildman–Crippen MR) is 87.1 cm³/mol. The van der Waals surface area contributed by atoms with E-state index in [0.29, 0.717) is 6.04 Å². The zero-order valence-corrected chi connectivity index (χ0v) is 13.4. The summed E-state index contributed by atoms with van der Waals surface area (Å²) in [5.41, 5.74) is 1.20. The second kappa shape index (κ2) is 6.66. The van der Waals surface area contributed by atoms with Crippen LogP contribution >= 0.6 is 0 Å². The first-order chi connectivity index (χ1) is 11.4. The van der Waals surface area contributed by atoms with Gasteiger partial charge in [-0.15, -0.1) is 0 Å². The van der Waals surface area contributed by atoms with E-state index < -0.39 is 0 Å². The van der Waals surface area contributed by atoms with E-state index >= 15 is 0 Å². The Kier molecular flexibility index (Phi) is 4.24. The van der Waals surface area contributed by atoms with Crippen LogP contribution in [0.3, 0.4) is 0 Å². The van der Waals surface area contributed by atoms with Gasteiger partial charge in [0.2, 0.25) is 5.89 Å². The Morgan fingerprint density at radius 2 is 2.09 bits per heavy atom. The molecule has 0 spiro atoms. The van der Waals surface area contributed by atoms with Crippen LogP contribution in [0.5, 0.6) is 0 Å². The molecule has 1 N–H and O–H groups in total. The normalized spacial score (nSPS) is 19.5. The number of aryl methyl sites for hydroxylation is 2. The number of oxazole rings is 1. The lowest BCUT2D eigenvalue weighted by molar-refractivity contribution is 0.192. The van der Waals surface area contributed by atoms with Gasteiger partial charge in [-0.05, 0) is 38.2 Å². The third-order valence-corrected chi connectivity index (χ3v) is 4.77. The number of nitrogens with zero attached hydrogens (tertiary/aromatic N) is 4. The maximum atomic E-state index is 5.95. The fraction of sp³-hybridized carbons (Fsp3) is 0.588. The lowest BCUT2D eigenvalue weighted by atomic mass is 10.0. The smallest absolute Gasteiger partial charge is 0.208 e. The van der Waals surface area contributed by atoms with Gasteiger partial charge < -0.3 is 9.73 Å². The summed E-state index contributed by atoms with van der Waals surface area (Å²) in [7, 11) is 0. The SMILES string of the molecule is c1cc(NC2CCN(Cc3nc4c(o3)CCCC4)CC2)ncn1. The van der Waals surface area contributed by atoms with Crippen LogP contribution < -0.4 is 5.32 Å². The van der Waals surface area contributed by atoms with Crippen molar-refractivity contribution in [2.75, 3.05) is 18.4 Å². The summed E-state index contributed by atoms with van der Waals surface area (Å²) in [5.74, 6) is 2.95. The van der Waals surface area contributed by atoms with Crippen LogP contribution in [0.2, 0.25) is 0 Å². The summed E-state index contributed by atoms with van der Waals surface area (Å²) in [5, 5.41) is 3.49. The van der Waals surface area contributed by atoms with E-state index in [1.807, 2.05) is 6.07 Å². The lowest BCUT2D eigenvalue weighted by Gasteiger charge is -2.31. The monoisotopic (exact) mass is 313 g/mol. The third kappa shape index (κ3) is 3.52. The average molecular weight is 313 g/mol. The summed E-state index contributed by atoms with van der Waals surface area (Å²) >= 11 is 0. The first kappa shape index (κ1) is 14.6. The number of hydrogen-bond acceptors (Lipinski definition) is 6. The molecule has 0 atom stereocenters. The molecule has 2 aliphatic rings. The van der Waals surface area contributed by atoms with Crippen LogP contribution in [0, 0.1) is 0 Å². The molecule has 3 heterocycles. The van der Waals surface area contributed by atoms with Crippen molar-refractivity contribution in [2.24, 2.45) is 0 Å². The van der Waals surface area contributed by atoms with E-state index in [2.05, 4.69) is 20.2 Å². The largest absolute Gasteiger partial charge is 0.444 e. The highest BCUT2D eigenvalue weighted by Gasteiger charge is 2.22. The van der Waals surface area contributed by atoms with E-state index in [-0.39, 0.29) is 0 Å². The van der Waals surface area contributed by atoms with Crippen LogP contribution in [0.25, 0.3) is 0 Å². The van der Waals surface area contributed by atoms with Crippen LogP contribution in [0.4, 0.5) is 5.82 Å². The molecule has 0 amide bonds. The minimum atomic E-state index is 0.485. The Balaban J connectivity index is 1.29. The zero-order chi connectivity index (χ0) is 15.5. The molecule has 6 heteroatoms. The summed E-state index contributed by atoms with van der Waals surface area (Å²) < 4.78 is 5.95. The summed E-state index contributed by atoms with van der Waals surface area (Å²) in [6, 6.07) is 2.41.